The number of fused-ring (bicyclic) bond motifs is 1. The van der Waals surface area contributed by atoms with E-state index in [2.05, 4.69) is 56.7 Å². The fraction of sp³-hybridized carbons (Fsp3) is 0.533. The van der Waals surface area contributed by atoms with Crippen molar-refractivity contribution in [1.82, 2.24) is 9.97 Å². The summed E-state index contributed by atoms with van der Waals surface area (Å²) in [6.07, 6.45) is 0. The van der Waals surface area contributed by atoms with Crippen molar-refractivity contribution in [2.24, 2.45) is 0 Å². The zero-order valence-electron chi connectivity index (χ0n) is 13.0. The monoisotopic (exact) mass is 272 g/mol. The predicted octanol–water partition coefficient (Wildman–Crippen LogP) is 2.48. The number of hydrogen-bond acceptors (Lipinski definition) is 3. The van der Waals surface area contributed by atoms with Gasteiger partial charge in [-0.15, -0.1) is 0 Å². The largest absolute Gasteiger partial charge is 0.494 e. The molecule has 1 aromatic heterocycles. The van der Waals surface area contributed by atoms with Crippen molar-refractivity contribution < 1.29 is 9.31 Å². The van der Waals surface area contributed by atoms with Crippen molar-refractivity contribution in [3.63, 3.8) is 0 Å². The maximum absolute atomic E-state index is 6.10. The molecule has 0 atom stereocenters. The number of rotatable bonds is 1. The zero-order chi connectivity index (χ0) is 14.7. The Hall–Kier alpha value is -1.33. The highest BCUT2D eigenvalue weighted by molar-refractivity contribution is 6.62. The molecule has 0 bridgehead atoms. The van der Waals surface area contributed by atoms with Crippen molar-refractivity contribution in [2.45, 2.75) is 52.7 Å². The van der Waals surface area contributed by atoms with Crippen LogP contribution in [0.25, 0.3) is 11.0 Å². The van der Waals surface area contributed by atoms with Crippen LogP contribution in [0.2, 0.25) is 0 Å². The molecule has 1 fully saturated rings. The number of H-pyrrole nitrogens is 1. The second-order valence-corrected chi connectivity index (χ2v) is 6.64. The molecule has 2 aromatic rings. The third kappa shape index (κ3) is 1.96. The first-order chi connectivity index (χ1) is 9.19. The Balaban J connectivity index is 2.04. The van der Waals surface area contributed by atoms with Gasteiger partial charge < -0.3 is 14.3 Å². The third-order valence-corrected chi connectivity index (χ3v) is 4.44. The maximum Gasteiger partial charge on any atom is 0.494 e. The molecule has 20 heavy (non-hydrogen) atoms. The lowest BCUT2D eigenvalue weighted by Crippen LogP contribution is -2.41. The van der Waals surface area contributed by atoms with E-state index >= 15 is 0 Å². The number of aromatic amines is 1. The Morgan fingerprint density at radius 2 is 1.65 bits per heavy atom. The topological polar surface area (TPSA) is 47.1 Å². The summed E-state index contributed by atoms with van der Waals surface area (Å²) in [7, 11) is -0.327. The number of nitrogens with one attached hydrogen (secondary N) is 1. The van der Waals surface area contributed by atoms with E-state index in [4.69, 9.17) is 9.31 Å². The summed E-state index contributed by atoms with van der Waals surface area (Å²) in [6, 6.07) is 4.18. The Bertz CT molecular complexity index is 660. The minimum Gasteiger partial charge on any atom is -0.399 e. The van der Waals surface area contributed by atoms with Gasteiger partial charge in [0.15, 0.2) is 0 Å². The van der Waals surface area contributed by atoms with E-state index in [1.165, 1.54) is 0 Å². The summed E-state index contributed by atoms with van der Waals surface area (Å²) >= 11 is 0. The first kappa shape index (κ1) is 13.6. The summed E-state index contributed by atoms with van der Waals surface area (Å²) in [5.41, 5.74) is 3.60. The minimum absolute atomic E-state index is 0.315. The van der Waals surface area contributed by atoms with E-state index in [1.54, 1.807) is 0 Å². The summed E-state index contributed by atoms with van der Waals surface area (Å²) in [5.74, 6) is 0.925. The van der Waals surface area contributed by atoms with Crippen LogP contribution in [0.4, 0.5) is 0 Å². The Labute approximate surface area is 120 Å². The van der Waals surface area contributed by atoms with Gasteiger partial charge in [0.1, 0.15) is 5.82 Å². The fourth-order valence-electron chi connectivity index (χ4n) is 2.56. The van der Waals surface area contributed by atoms with Crippen molar-refractivity contribution in [3.05, 3.63) is 23.5 Å². The molecule has 0 spiro atoms. The van der Waals surface area contributed by atoms with E-state index in [1.807, 2.05) is 6.92 Å². The highest BCUT2D eigenvalue weighted by Gasteiger charge is 2.51. The Kier molecular flexibility index (Phi) is 2.79. The van der Waals surface area contributed by atoms with E-state index in [0.29, 0.717) is 0 Å². The molecule has 2 heterocycles. The molecule has 1 aliphatic rings. The van der Waals surface area contributed by atoms with Gasteiger partial charge >= 0.3 is 7.12 Å². The van der Waals surface area contributed by atoms with Crippen LogP contribution in [0.15, 0.2) is 12.1 Å². The predicted molar refractivity (Wildman–Crippen MR) is 81.3 cm³/mol. The van der Waals surface area contributed by atoms with Crippen LogP contribution in [0, 0.1) is 13.8 Å². The van der Waals surface area contributed by atoms with E-state index < -0.39 is 0 Å². The average Bonchev–Trinajstić information content (AvgIpc) is 2.77. The van der Waals surface area contributed by atoms with Gasteiger partial charge in [-0.05, 0) is 58.6 Å². The molecule has 1 saturated heterocycles. The van der Waals surface area contributed by atoms with Gasteiger partial charge in [0.2, 0.25) is 0 Å². The molecule has 106 valence electrons. The Morgan fingerprint density at radius 3 is 2.25 bits per heavy atom. The normalized spacial score (nSPS) is 20.8. The quantitative estimate of drug-likeness (QED) is 0.811. The van der Waals surface area contributed by atoms with Crippen molar-refractivity contribution in [2.75, 3.05) is 0 Å². The molecule has 0 radical (unpaired) electrons. The van der Waals surface area contributed by atoms with Gasteiger partial charge in [-0.1, -0.05) is 6.07 Å². The number of hydrogen-bond donors (Lipinski definition) is 1. The molecule has 1 aliphatic heterocycles. The third-order valence-electron chi connectivity index (χ3n) is 4.44. The van der Waals surface area contributed by atoms with Crippen LogP contribution in [0.5, 0.6) is 0 Å². The number of imidazole rings is 1. The van der Waals surface area contributed by atoms with Crippen LogP contribution in [0.1, 0.15) is 39.1 Å². The number of aromatic nitrogens is 2. The number of aryl methyl sites for hydroxylation is 2. The highest BCUT2D eigenvalue weighted by Crippen LogP contribution is 2.36. The van der Waals surface area contributed by atoms with Crippen molar-refractivity contribution in [1.29, 1.82) is 0 Å². The van der Waals surface area contributed by atoms with Crippen LogP contribution in [0.3, 0.4) is 0 Å². The SMILES string of the molecule is Cc1nc2c(C)cc(B3OC(C)(C)C(C)(C)O3)cc2[nH]1. The second-order valence-electron chi connectivity index (χ2n) is 6.64. The number of nitrogens with zero attached hydrogens (tertiary/aromatic N) is 1. The molecule has 0 amide bonds. The molecule has 3 rings (SSSR count). The van der Waals surface area contributed by atoms with Gasteiger partial charge in [0.25, 0.3) is 0 Å². The molecule has 0 saturated carbocycles. The molecule has 0 unspecified atom stereocenters. The fourth-order valence-corrected chi connectivity index (χ4v) is 2.56. The van der Waals surface area contributed by atoms with E-state index in [9.17, 15) is 0 Å². The van der Waals surface area contributed by atoms with Gasteiger partial charge in [-0.2, -0.15) is 0 Å². The molecule has 1 N–H and O–H groups in total. The van der Waals surface area contributed by atoms with E-state index in [-0.39, 0.29) is 18.3 Å². The first-order valence-electron chi connectivity index (χ1n) is 7.02. The summed E-state index contributed by atoms with van der Waals surface area (Å²) < 4.78 is 12.2. The molecule has 5 heteroatoms. The lowest BCUT2D eigenvalue weighted by Gasteiger charge is -2.32. The van der Waals surface area contributed by atoms with Crippen LogP contribution >= 0.6 is 0 Å². The van der Waals surface area contributed by atoms with Crippen molar-refractivity contribution in [3.8, 4) is 0 Å². The standard InChI is InChI=1S/C15H21BN2O2/c1-9-7-11(8-12-13(9)18-10(2)17-12)16-19-14(3,4)15(5,6)20-16/h7-8H,1-6H3,(H,17,18). The molecular weight excluding hydrogens is 251 g/mol. The minimum atomic E-state index is -0.327. The first-order valence-corrected chi connectivity index (χ1v) is 7.02. The lowest BCUT2D eigenvalue weighted by atomic mass is 9.78. The van der Waals surface area contributed by atoms with Gasteiger partial charge in [-0.3, -0.25) is 0 Å². The lowest BCUT2D eigenvalue weighted by molar-refractivity contribution is 0.00578. The Morgan fingerprint density at radius 1 is 1.05 bits per heavy atom. The second kappa shape index (κ2) is 4.09. The van der Waals surface area contributed by atoms with E-state index in [0.717, 1.165) is 27.9 Å². The van der Waals surface area contributed by atoms with Crippen LogP contribution < -0.4 is 5.46 Å². The maximum atomic E-state index is 6.10. The molecule has 0 aliphatic carbocycles. The molecular formula is C15H21BN2O2. The summed E-state index contributed by atoms with van der Waals surface area (Å²) in [4.78, 5) is 7.78. The number of benzene rings is 1. The smallest absolute Gasteiger partial charge is 0.399 e. The van der Waals surface area contributed by atoms with Gasteiger partial charge in [0.05, 0.1) is 22.2 Å². The molecule has 4 nitrogen and oxygen atoms in total. The summed E-state index contributed by atoms with van der Waals surface area (Å²) in [5, 5.41) is 0. The average molecular weight is 272 g/mol. The summed E-state index contributed by atoms with van der Waals surface area (Å²) in [6.45, 7) is 12.3. The van der Waals surface area contributed by atoms with Crippen LogP contribution in [-0.4, -0.2) is 28.3 Å². The van der Waals surface area contributed by atoms with Crippen LogP contribution in [-0.2, 0) is 9.31 Å². The van der Waals surface area contributed by atoms with Gasteiger partial charge in [0, 0.05) is 0 Å². The van der Waals surface area contributed by atoms with Gasteiger partial charge in [-0.25, -0.2) is 4.98 Å². The zero-order valence-corrected chi connectivity index (χ0v) is 13.0. The van der Waals surface area contributed by atoms with Crippen molar-refractivity contribution >= 4 is 23.6 Å². The highest BCUT2D eigenvalue weighted by atomic mass is 16.7. The molecule has 1 aromatic carbocycles.